The Bertz CT molecular complexity index is 1830. The Morgan fingerprint density at radius 2 is 1.57 bits per heavy atom. The lowest BCUT2D eigenvalue weighted by Gasteiger charge is -2.13. The zero-order chi connectivity index (χ0) is 25.4. The molecule has 0 radical (unpaired) electrons. The molecule has 0 saturated carbocycles. The van der Waals surface area contributed by atoms with Gasteiger partial charge in [0.2, 0.25) is 0 Å². The van der Waals surface area contributed by atoms with Gasteiger partial charge in [0.05, 0.1) is 34.5 Å². The molecule has 1 aliphatic rings. The Hall–Kier alpha value is -5.12. The van der Waals surface area contributed by atoms with Gasteiger partial charge in [0.1, 0.15) is 0 Å². The van der Waals surface area contributed by atoms with Crippen LogP contribution in [0.1, 0.15) is 34.4 Å². The fraction of sp³-hybridized carbons (Fsp3) is 0.0588. The molecule has 0 aliphatic heterocycles. The number of allylic oxidation sites excluding steroid dienone is 2. The smallest absolute Gasteiger partial charge is 0.0998 e. The van der Waals surface area contributed by atoms with E-state index in [1.54, 1.807) is 6.07 Å². The summed E-state index contributed by atoms with van der Waals surface area (Å²) >= 11 is 0. The predicted molar refractivity (Wildman–Crippen MR) is 151 cm³/mol. The van der Waals surface area contributed by atoms with Gasteiger partial charge in [0.25, 0.3) is 0 Å². The molecule has 3 nitrogen and oxygen atoms in total. The molecule has 0 amide bonds. The zero-order valence-corrected chi connectivity index (χ0v) is 20.4. The number of nitriles is 2. The maximum Gasteiger partial charge on any atom is 0.0998 e. The summed E-state index contributed by atoms with van der Waals surface area (Å²) in [5.41, 5.74) is 10.7. The molecule has 0 fully saturated rings. The van der Waals surface area contributed by atoms with E-state index in [0.717, 1.165) is 39.9 Å². The van der Waals surface area contributed by atoms with E-state index >= 15 is 0 Å². The Morgan fingerprint density at radius 3 is 2.43 bits per heavy atom. The van der Waals surface area contributed by atoms with Crippen LogP contribution in [0.15, 0.2) is 97.1 Å². The predicted octanol–water partition coefficient (Wildman–Crippen LogP) is 8.45. The van der Waals surface area contributed by atoms with E-state index in [1.165, 1.54) is 22.2 Å². The molecule has 4 aromatic carbocycles. The Kier molecular flexibility index (Phi) is 5.53. The number of aryl methyl sites for hydroxylation is 1. The Morgan fingerprint density at radius 1 is 0.730 bits per heavy atom. The average Bonchev–Trinajstić information content (AvgIpc) is 3.07. The first-order chi connectivity index (χ1) is 18.2. The fourth-order valence-corrected chi connectivity index (χ4v) is 5.20. The summed E-state index contributed by atoms with van der Waals surface area (Å²) in [6.45, 7) is 2.00. The van der Waals surface area contributed by atoms with E-state index in [-0.39, 0.29) is 0 Å². The molecule has 0 unspecified atom stereocenters. The van der Waals surface area contributed by atoms with Crippen LogP contribution in [0.4, 0.5) is 0 Å². The lowest BCUT2D eigenvalue weighted by molar-refractivity contribution is 1.11. The van der Waals surface area contributed by atoms with Crippen molar-refractivity contribution in [3.05, 3.63) is 125 Å². The lowest BCUT2D eigenvalue weighted by atomic mass is 9.92. The van der Waals surface area contributed by atoms with Crippen molar-refractivity contribution in [1.29, 1.82) is 10.5 Å². The third-order valence-corrected chi connectivity index (χ3v) is 7.02. The molecule has 0 bridgehead atoms. The van der Waals surface area contributed by atoms with Crippen molar-refractivity contribution in [2.24, 2.45) is 0 Å². The van der Waals surface area contributed by atoms with Crippen LogP contribution in [0.3, 0.4) is 0 Å². The van der Waals surface area contributed by atoms with Crippen LogP contribution in [0.5, 0.6) is 0 Å². The first-order valence-electron chi connectivity index (χ1n) is 12.3. The summed E-state index contributed by atoms with van der Waals surface area (Å²) in [5.74, 6) is 0. The third-order valence-electron chi connectivity index (χ3n) is 7.02. The van der Waals surface area contributed by atoms with Gasteiger partial charge in [-0.3, -0.25) is 0 Å². The summed E-state index contributed by atoms with van der Waals surface area (Å²) in [4.78, 5) is 0. The molecular weight excluding hydrogens is 450 g/mol. The van der Waals surface area contributed by atoms with E-state index < -0.39 is 0 Å². The Balaban J connectivity index is 1.49. The highest BCUT2D eigenvalue weighted by Crippen LogP contribution is 2.35. The van der Waals surface area contributed by atoms with Crippen molar-refractivity contribution in [3.8, 4) is 40.1 Å². The molecule has 1 aliphatic carbocycles. The number of aromatic nitrogens is 1. The van der Waals surface area contributed by atoms with Crippen LogP contribution in [0, 0.1) is 29.6 Å². The van der Waals surface area contributed by atoms with Crippen molar-refractivity contribution in [2.75, 3.05) is 0 Å². The van der Waals surface area contributed by atoms with Gasteiger partial charge < -0.3 is 4.57 Å². The molecule has 0 saturated heterocycles. The molecular formula is C34H23N3. The highest BCUT2D eigenvalue weighted by Gasteiger charge is 2.16. The summed E-state index contributed by atoms with van der Waals surface area (Å²) in [5, 5.41) is 20.6. The van der Waals surface area contributed by atoms with E-state index in [0.29, 0.717) is 11.1 Å². The molecule has 6 rings (SSSR count). The molecule has 1 heterocycles. The summed E-state index contributed by atoms with van der Waals surface area (Å²) < 4.78 is 2.32. The first kappa shape index (κ1) is 22.4. The quantitative estimate of drug-likeness (QED) is 0.264. The van der Waals surface area contributed by atoms with Gasteiger partial charge in [-0.1, -0.05) is 66.8 Å². The molecule has 1 aromatic heterocycles. The highest BCUT2D eigenvalue weighted by molar-refractivity contribution is 5.96. The summed E-state index contributed by atoms with van der Waals surface area (Å²) in [7, 11) is 0. The molecule has 37 heavy (non-hydrogen) atoms. The largest absolute Gasteiger partial charge is 0.309 e. The minimum Gasteiger partial charge on any atom is -0.309 e. The van der Waals surface area contributed by atoms with Gasteiger partial charge in [0.15, 0.2) is 0 Å². The maximum atomic E-state index is 10.0. The van der Waals surface area contributed by atoms with Crippen LogP contribution < -0.4 is 0 Å². The lowest BCUT2D eigenvalue weighted by Crippen LogP contribution is -1.97. The second kappa shape index (κ2) is 9.15. The topological polar surface area (TPSA) is 52.5 Å². The number of hydrogen-bond donors (Lipinski definition) is 0. The molecule has 0 atom stereocenters. The molecule has 174 valence electrons. The van der Waals surface area contributed by atoms with E-state index in [9.17, 15) is 10.5 Å². The second-order valence-electron chi connectivity index (χ2n) is 9.26. The first-order valence-corrected chi connectivity index (χ1v) is 12.3. The van der Waals surface area contributed by atoms with Crippen molar-refractivity contribution >= 4 is 23.1 Å². The minimum atomic E-state index is 0.586. The van der Waals surface area contributed by atoms with Gasteiger partial charge in [-0.15, -0.1) is 0 Å². The SMILES string of the molecule is Cc1ccc(C#N)cc1-c1ccc(-c2cccc(-n3c4c(c5ccccc53)C=CCC=C4)c2)cc1C#N. The molecule has 5 aromatic rings. The van der Waals surface area contributed by atoms with Crippen LogP contribution in [0.2, 0.25) is 0 Å². The second-order valence-corrected chi connectivity index (χ2v) is 9.26. The van der Waals surface area contributed by atoms with Gasteiger partial charge >= 0.3 is 0 Å². The third kappa shape index (κ3) is 3.84. The van der Waals surface area contributed by atoms with Crippen LogP contribution in [0.25, 0.3) is 51.0 Å². The summed E-state index contributed by atoms with van der Waals surface area (Å²) in [6.07, 6.45) is 9.75. The van der Waals surface area contributed by atoms with E-state index in [2.05, 4.69) is 95.6 Å². The van der Waals surface area contributed by atoms with Crippen molar-refractivity contribution in [3.63, 3.8) is 0 Å². The van der Waals surface area contributed by atoms with Crippen LogP contribution >= 0.6 is 0 Å². The zero-order valence-electron chi connectivity index (χ0n) is 20.4. The average molecular weight is 474 g/mol. The molecule has 0 spiro atoms. The standard InChI is InChI=1S/C34H23N3/c1-23-14-15-24(21-35)18-32(23)29-17-16-26(19-27(29)22-36)25-8-7-9-28(20-25)37-33-12-4-2-3-10-30(33)31-11-5-6-13-34(31)37/h3-20H,2H2,1H3. The summed E-state index contributed by atoms with van der Waals surface area (Å²) in [6, 6.07) is 33.2. The number of benzene rings is 4. The number of rotatable bonds is 3. The molecule has 0 N–H and O–H groups in total. The fourth-order valence-electron chi connectivity index (χ4n) is 5.20. The number of hydrogen-bond acceptors (Lipinski definition) is 2. The van der Waals surface area contributed by atoms with Gasteiger partial charge in [0, 0.05) is 16.6 Å². The van der Waals surface area contributed by atoms with E-state index in [1.807, 2.05) is 31.2 Å². The van der Waals surface area contributed by atoms with Gasteiger partial charge in [-0.25, -0.2) is 0 Å². The maximum absolute atomic E-state index is 10.0. The number of fused-ring (bicyclic) bond motifs is 3. The van der Waals surface area contributed by atoms with Gasteiger partial charge in [-0.05, 0) is 83.6 Å². The van der Waals surface area contributed by atoms with Gasteiger partial charge in [-0.2, -0.15) is 10.5 Å². The normalized spacial score (nSPS) is 12.1. The van der Waals surface area contributed by atoms with Crippen LogP contribution in [-0.2, 0) is 0 Å². The van der Waals surface area contributed by atoms with Crippen molar-refractivity contribution in [1.82, 2.24) is 4.57 Å². The number of para-hydroxylation sites is 1. The molecule has 3 heteroatoms. The highest BCUT2D eigenvalue weighted by atomic mass is 15.0. The van der Waals surface area contributed by atoms with Crippen LogP contribution in [-0.4, -0.2) is 4.57 Å². The van der Waals surface area contributed by atoms with E-state index in [4.69, 9.17) is 0 Å². The number of nitrogens with zero attached hydrogens (tertiary/aromatic N) is 3. The Labute approximate surface area is 216 Å². The van der Waals surface area contributed by atoms with Crippen molar-refractivity contribution in [2.45, 2.75) is 13.3 Å². The minimum absolute atomic E-state index is 0.586. The van der Waals surface area contributed by atoms with Crippen molar-refractivity contribution < 1.29 is 0 Å². The monoisotopic (exact) mass is 473 g/mol.